The van der Waals surface area contributed by atoms with E-state index in [1.807, 2.05) is 54.6 Å². The van der Waals surface area contributed by atoms with Crippen LogP contribution < -0.4 is 10.6 Å². The van der Waals surface area contributed by atoms with Crippen LogP contribution in [0.4, 0.5) is 0 Å². The minimum atomic E-state index is -0.710. The predicted molar refractivity (Wildman–Crippen MR) is 84.8 cm³/mol. The van der Waals surface area contributed by atoms with Crippen molar-refractivity contribution in [2.24, 2.45) is 0 Å². The third kappa shape index (κ3) is 2.51. The van der Waals surface area contributed by atoms with Gasteiger partial charge >= 0.3 is 0 Å². The zero-order chi connectivity index (χ0) is 15.5. The lowest BCUT2D eigenvalue weighted by Crippen LogP contribution is -2.39. The molecule has 0 fully saturated rings. The number of carbonyl (C=O) groups excluding carboxylic acids is 2. The summed E-state index contributed by atoms with van der Waals surface area (Å²) in [6.45, 7) is 0. The standard InChI is InChI=1S/C18H16N2O2/c1-19-18(22)16(13-6-3-2-4-7-13)20-17(21)15-11-10-12-8-5-9-14(12)15/h2-11,16H,1H3,(H,19,22)(H,20,21)/t16-/m0/s1. The molecule has 0 saturated carbocycles. The number of rotatable bonds is 4. The molecule has 1 aromatic carbocycles. The first-order valence-electron chi connectivity index (χ1n) is 7.09. The summed E-state index contributed by atoms with van der Waals surface area (Å²) in [4.78, 5) is 24.6. The van der Waals surface area contributed by atoms with Gasteiger partial charge in [-0.1, -0.05) is 54.6 Å². The smallest absolute Gasteiger partial charge is 0.252 e. The Kier molecular flexibility index (Phi) is 3.74. The Balaban J connectivity index is 1.86. The molecule has 0 radical (unpaired) electrons. The molecule has 22 heavy (non-hydrogen) atoms. The second-order valence-electron chi connectivity index (χ2n) is 5.07. The van der Waals surface area contributed by atoms with Crippen LogP contribution >= 0.6 is 0 Å². The molecule has 4 nitrogen and oxygen atoms in total. The Labute approximate surface area is 128 Å². The number of fused-ring (bicyclic) bond motifs is 1. The van der Waals surface area contributed by atoms with Crippen molar-refractivity contribution >= 4 is 11.8 Å². The predicted octanol–water partition coefficient (Wildman–Crippen LogP) is 1.95. The first-order valence-corrected chi connectivity index (χ1v) is 7.09. The highest BCUT2D eigenvalue weighted by Gasteiger charge is 2.26. The van der Waals surface area contributed by atoms with Crippen molar-refractivity contribution in [3.05, 3.63) is 83.0 Å². The molecule has 3 rings (SSSR count). The van der Waals surface area contributed by atoms with Gasteiger partial charge in [0.25, 0.3) is 5.91 Å². The van der Waals surface area contributed by atoms with Gasteiger partial charge in [-0.2, -0.15) is 0 Å². The van der Waals surface area contributed by atoms with E-state index >= 15 is 0 Å². The lowest BCUT2D eigenvalue weighted by atomic mass is 10.0. The number of hydrogen-bond donors (Lipinski definition) is 2. The molecule has 0 saturated heterocycles. The molecular formula is C18H16N2O2. The number of allylic oxidation sites excluding steroid dienone is 6. The highest BCUT2D eigenvalue weighted by Crippen LogP contribution is 2.30. The summed E-state index contributed by atoms with van der Waals surface area (Å²) in [6, 6.07) is 8.49. The fourth-order valence-electron chi connectivity index (χ4n) is 2.58. The molecule has 4 heteroatoms. The van der Waals surface area contributed by atoms with Gasteiger partial charge in [0.05, 0.1) is 0 Å². The van der Waals surface area contributed by atoms with Crippen LogP contribution in [-0.4, -0.2) is 18.9 Å². The monoisotopic (exact) mass is 292 g/mol. The maximum Gasteiger partial charge on any atom is 0.252 e. The molecule has 110 valence electrons. The molecule has 1 atom stereocenters. The average molecular weight is 292 g/mol. The summed E-state index contributed by atoms with van der Waals surface area (Å²) >= 11 is 0. The van der Waals surface area contributed by atoms with Crippen LogP contribution in [-0.2, 0) is 9.59 Å². The lowest BCUT2D eigenvalue weighted by molar-refractivity contribution is -0.127. The van der Waals surface area contributed by atoms with Crippen molar-refractivity contribution in [3.8, 4) is 0 Å². The van der Waals surface area contributed by atoms with Gasteiger partial charge in [-0.05, 0) is 22.8 Å². The average Bonchev–Trinajstić information content (AvgIpc) is 3.15. The number of hydrogen-bond acceptors (Lipinski definition) is 2. The fourth-order valence-corrected chi connectivity index (χ4v) is 2.58. The van der Waals surface area contributed by atoms with E-state index in [2.05, 4.69) is 10.6 Å². The van der Waals surface area contributed by atoms with Gasteiger partial charge in [-0.3, -0.25) is 9.59 Å². The second kappa shape index (κ2) is 5.85. The van der Waals surface area contributed by atoms with E-state index in [1.165, 1.54) is 0 Å². The molecule has 2 aliphatic rings. The van der Waals surface area contributed by atoms with Crippen LogP contribution in [0.1, 0.15) is 11.6 Å². The fraction of sp³-hybridized carbons (Fsp3) is 0.111. The van der Waals surface area contributed by atoms with Crippen LogP contribution in [0.15, 0.2) is 77.4 Å². The first kappa shape index (κ1) is 14.1. The number of amides is 2. The minimum absolute atomic E-state index is 0.246. The molecule has 2 aliphatic carbocycles. The highest BCUT2D eigenvalue weighted by atomic mass is 16.2. The van der Waals surface area contributed by atoms with Crippen molar-refractivity contribution < 1.29 is 9.59 Å². The molecule has 2 N–H and O–H groups in total. The zero-order valence-corrected chi connectivity index (χ0v) is 12.2. The van der Waals surface area contributed by atoms with Crippen molar-refractivity contribution in [3.63, 3.8) is 0 Å². The highest BCUT2D eigenvalue weighted by molar-refractivity contribution is 6.02. The van der Waals surface area contributed by atoms with Crippen LogP contribution in [0.2, 0.25) is 0 Å². The summed E-state index contributed by atoms with van der Waals surface area (Å²) in [7, 11) is 1.56. The van der Waals surface area contributed by atoms with E-state index in [1.54, 1.807) is 13.1 Å². The van der Waals surface area contributed by atoms with Crippen molar-refractivity contribution in [1.29, 1.82) is 0 Å². The Morgan fingerprint density at radius 1 is 1.05 bits per heavy atom. The molecule has 1 aromatic rings. The number of nitrogens with one attached hydrogen (secondary N) is 2. The molecule has 0 unspecified atom stereocenters. The third-order valence-corrected chi connectivity index (χ3v) is 3.73. The molecule has 2 amide bonds. The number of benzene rings is 1. The van der Waals surface area contributed by atoms with Gasteiger partial charge in [0.1, 0.15) is 6.04 Å². The van der Waals surface area contributed by atoms with Crippen LogP contribution in [0, 0.1) is 0 Å². The van der Waals surface area contributed by atoms with Crippen LogP contribution in [0.25, 0.3) is 0 Å². The second-order valence-corrected chi connectivity index (χ2v) is 5.07. The molecule has 0 aromatic heterocycles. The molecule has 0 aliphatic heterocycles. The number of likely N-dealkylation sites (N-methyl/N-ethyl adjacent to an activating group) is 1. The first-order chi connectivity index (χ1) is 10.7. The Bertz CT molecular complexity index is 740. The van der Waals surface area contributed by atoms with Crippen LogP contribution in [0.3, 0.4) is 0 Å². The summed E-state index contributed by atoms with van der Waals surface area (Å²) in [5, 5.41) is 5.41. The Morgan fingerprint density at radius 3 is 2.55 bits per heavy atom. The molecule has 0 bridgehead atoms. The van der Waals surface area contributed by atoms with Crippen molar-refractivity contribution in [2.45, 2.75) is 6.04 Å². The summed E-state index contributed by atoms with van der Waals surface area (Å²) in [5.74, 6) is -0.497. The molecular weight excluding hydrogens is 276 g/mol. The molecule has 0 spiro atoms. The van der Waals surface area contributed by atoms with Gasteiger partial charge < -0.3 is 10.6 Å². The normalized spacial score (nSPS) is 16.3. The van der Waals surface area contributed by atoms with Crippen LogP contribution in [0.5, 0.6) is 0 Å². The third-order valence-electron chi connectivity index (χ3n) is 3.73. The largest absolute Gasteiger partial charge is 0.357 e. The van der Waals surface area contributed by atoms with E-state index in [9.17, 15) is 9.59 Å². The Morgan fingerprint density at radius 2 is 1.82 bits per heavy atom. The topological polar surface area (TPSA) is 58.2 Å². The van der Waals surface area contributed by atoms with E-state index in [-0.39, 0.29) is 11.8 Å². The van der Waals surface area contributed by atoms with E-state index in [0.717, 1.165) is 16.7 Å². The molecule has 0 heterocycles. The maximum atomic E-state index is 12.5. The van der Waals surface area contributed by atoms with Gasteiger partial charge in [-0.25, -0.2) is 0 Å². The van der Waals surface area contributed by atoms with Gasteiger partial charge in [-0.15, -0.1) is 0 Å². The Hall–Kier alpha value is -2.88. The summed E-state index contributed by atoms with van der Waals surface area (Å²) in [5.41, 5.74) is 3.27. The minimum Gasteiger partial charge on any atom is -0.357 e. The maximum absolute atomic E-state index is 12.5. The zero-order valence-electron chi connectivity index (χ0n) is 12.2. The van der Waals surface area contributed by atoms with E-state index in [0.29, 0.717) is 5.57 Å². The summed E-state index contributed by atoms with van der Waals surface area (Å²) < 4.78 is 0. The van der Waals surface area contributed by atoms with E-state index in [4.69, 9.17) is 0 Å². The number of carbonyl (C=O) groups is 2. The van der Waals surface area contributed by atoms with Crippen molar-refractivity contribution in [1.82, 2.24) is 10.6 Å². The SMILES string of the molecule is CNC(=O)[C@@H](NC(=O)C1=C2C=CC=C2C=C1)c1ccccc1. The quantitative estimate of drug-likeness (QED) is 0.891. The van der Waals surface area contributed by atoms with Gasteiger partial charge in [0.15, 0.2) is 0 Å². The van der Waals surface area contributed by atoms with Gasteiger partial charge in [0.2, 0.25) is 5.91 Å². The van der Waals surface area contributed by atoms with Gasteiger partial charge in [0, 0.05) is 12.6 Å². The van der Waals surface area contributed by atoms with E-state index < -0.39 is 6.04 Å². The van der Waals surface area contributed by atoms with Crippen molar-refractivity contribution in [2.75, 3.05) is 7.05 Å². The summed E-state index contributed by atoms with van der Waals surface area (Å²) in [6.07, 6.45) is 9.46. The lowest BCUT2D eigenvalue weighted by Gasteiger charge is -2.18.